The highest BCUT2D eigenvalue weighted by Crippen LogP contribution is 2.36. The Labute approximate surface area is 151 Å². The van der Waals surface area contributed by atoms with Crippen LogP contribution in [0.25, 0.3) is 0 Å². The first-order valence-corrected chi connectivity index (χ1v) is 9.26. The Morgan fingerprint density at radius 2 is 1.80 bits per heavy atom. The number of benzene rings is 1. The number of hydrogen-bond donors (Lipinski definition) is 2. The minimum atomic E-state index is 0.0230. The van der Waals surface area contributed by atoms with E-state index in [1.54, 1.807) is 19.0 Å². The summed E-state index contributed by atoms with van der Waals surface area (Å²) in [6.45, 7) is 6.85. The summed E-state index contributed by atoms with van der Waals surface area (Å²) >= 11 is 0. The van der Waals surface area contributed by atoms with E-state index in [0.29, 0.717) is 17.5 Å². The van der Waals surface area contributed by atoms with Crippen molar-refractivity contribution in [3.05, 3.63) is 35.4 Å². The van der Waals surface area contributed by atoms with Gasteiger partial charge in [0.2, 0.25) is 0 Å². The maximum absolute atomic E-state index is 11.9. The van der Waals surface area contributed by atoms with Gasteiger partial charge in [0.05, 0.1) is 6.54 Å². The second kappa shape index (κ2) is 8.88. The summed E-state index contributed by atoms with van der Waals surface area (Å²) < 4.78 is 0. The standard InChI is InChI=1S/C20H32N4O/c1-5-21-19(23-15-20(2)12-6-7-13-20)22-14-16-8-10-17(11-9-16)18(25)24(3)4/h8-11H,5-7,12-15H2,1-4H3,(H2,21,22,23). The van der Waals surface area contributed by atoms with E-state index in [2.05, 4.69) is 29.5 Å². The molecule has 2 N–H and O–H groups in total. The zero-order valence-corrected chi connectivity index (χ0v) is 16.1. The van der Waals surface area contributed by atoms with Crippen LogP contribution in [0.2, 0.25) is 0 Å². The predicted molar refractivity (Wildman–Crippen MR) is 104 cm³/mol. The molecule has 0 aliphatic heterocycles. The van der Waals surface area contributed by atoms with E-state index in [1.165, 1.54) is 25.7 Å². The van der Waals surface area contributed by atoms with Crippen molar-refractivity contribution >= 4 is 11.9 Å². The van der Waals surface area contributed by atoms with Crippen molar-refractivity contribution in [2.24, 2.45) is 10.4 Å². The van der Waals surface area contributed by atoms with Crippen LogP contribution in [0.3, 0.4) is 0 Å². The lowest BCUT2D eigenvalue weighted by Gasteiger charge is -2.25. The first-order chi connectivity index (χ1) is 11.9. The van der Waals surface area contributed by atoms with Gasteiger partial charge in [-0.1, -0.05) is 31.9 Å². The number of carbonyl (C=O) groups is 1. The van der Waals surface area contributed by atoms with Gasteiger partial charge in [0.1, 0.15) is 0 Å². The minimum absolute atomic E-state index is 0.0230. The van der Waals surface area contributed by atoms with Gasteiger partial charge < -0.3 is 15.5 Å². The second-order valence-corrected chi connectivity index (χ2v) is 7.46. The van der Waals surface area contributed by atoms with Gasteiger partial charge in [0.15, 0.2) is 5.96 Å². The third-order valence-corrected chi connectivity index (χ3v) is 4.86. The highest BCUT2D eigenvalue weighted by Gasteiger charge is 2.28. The molecule has 1 aromatic carbocycles. The molecule has 0 radical (unpaired) electrons. The van der Waals surface area contributed by atoms with Crippen LogP contribution in [-0.4, -0.2) is 44.0 Å². The molecule has 0 aromatic heterocycles. The van der Waals surface area contributed by atoms with Crippen LogP contribution in [0.1, 0.15) is 55.5 Å². The van der Waals surface area contributed by atoms with Crippen molar-refractivity contribution in [2.45, 2.75) is 46.1 Å². The van der Waals surface area contributed by atoms with Gasteiger partial charge in [-0.2, -0.15) is 0 Å². The molecule has 1 aliphatic carbocycles. The summed E-state index contributed by atoms with van der Waals surface area (Å²) in [5.41, 5.74) is 2.20. The maximum Gasteiger partial charge on any atom is 0.253 e. The van der Waals surface area contributed by atoms with Crippen molar-refractivity contribution in [3.63, 3.8) is 0 Å². The lowest BCUT2D eigenvalue weighted by Crippen LogP contribution is -2.42. The lowest BCUT2D eigenvalue weighted by atomic mass is 9.89. The molecule has 1 amide bonds. The molecule has 1 fully saturated rings. The third-order valence-electron chi connectivity index (χ3n) is 4.86. The average molecular weight is 345 g/mol. The predicted octanol–water partition coefficient (Wildman–Crippen LogP) is 3.02. The summed E-state index contributed by atoms with van der Waals surface area (Å²) in [5.74, 6) is 0.888. The van der Waals surface area contributed by atoms with E-state index >= 15 is 0 Å². The van der Waals surface area contributed by atoms with Crippen LogP contribution >= 0.6 is 0 Å². The minimum Gasteiger partial charge on any atom is -0.357 e. The van der Waals surface area contributed by atoms with Crippen LogP contribution in [0.5, 0.6) is 0 Å². The monoisotopic (exact) mass is 344 g/mol. The van der Waals surface area contributed by atoms with E-state index in [9.17, 15) is 4.79 Å². The van der Waals surface area contributed by atoms with Crippen molar-refractivity contribution in [1.82, 2.24) is 15.5 Å². The van der Waals surface area contributed by atoms with Crippen LogP contribution in [0.15, 0.2) is 29.3 Å². The summed E-state index contributed by atoms with van der Waals surface area (Å²) in [4.78, 5) is 18.2. The van der Waals surface area contributed by atoms with Gasteiger partial charge in [-0.05, 0) is 42.9 Å². The normalized spacial score (nSPS) is 16.6. The topological polar surface area (TPSA) is 56.7 Å². The van der Waals surface area contributed by atoms with Gasteiger partial charge >= 0.3 is 0 Å². The molecule has 0 unspecified atom stereocenters. The van der Waals surface area contributed by atoms with E-state index < -0.39 is 0 Å². The maximum atomic E-state index is 11.9. The molecule has 5 heteroatoms. The largest absolute Gasteiger partial charge is 0.357 e. The number of hydrogen-bond acceptors (Lipinski definition) is 2. The van der Waals surface area contributed by atoms with Crippen LogP contribution in [0, 0.1) is 5.41 Å². The van der Waals surface area contributed by atoms with Crippen LogP contribution < -0.4 is 10.6 Å². The van der Waals surface area contributed by atoms with Gasteiger partial charge in [0.25, 0.3) is 5.91 Å². The summed E-state index contributed by atoms with van der Waals surface area (Å²) in [7, 11) is 3.53. The zero-order valence-electron chi connectivity index (χ0n) is 16.1. The fraction of sp³-hybridized carbons (Fsp3) is 0.600. The molecular formula is C20H32N4O. The van der Waals surface area contributed by atoms with Gasteiger partial charge in [-0.3, -0.25) is 4.79 Å². The molecule has 1 aromatic rings. The Morgan fingerprint density at radius 1 is 1.16 bits per heavy atom. The average Bonchev–Trinajstić information content (AvgIpc) is 3.04. The Balaban J connectivity index is 1.94. The summed E-state index contributed by atoms with van der Waals surface area (Å²) in [6.07, 6.45) is 5.26. The lowest BCUT2D eigenvalue weighted by molar-refractivity contribution is 0.0827. The van der Waals surface area contributed by atoms with Crippen molar-refractivity contribution < 1.29 is 4.79 Å². The summed E-state index contributed by atoms with van der Waals surface area (Å²) in [5, 5.41) is 6.81. The van der Waals surface area contributed by atoms with Crippen molar-refractivity contribution in [1.29, 1.82) is 0 Å². The molecule has 138 valence electrons. The molecule has 1 aliphatic rings. The molecule has 25 heavy (non-hydrogen) atoms. The molecule has 2 rings (SSSR count). The molecular weight excluding hydrogens is 312 g/mol. The molecule has 5 nitrogen and oxygen atoms in total. The molecule has 0 bridgehead atoms. The highest BCUT2D eigenvalue weighted by atomic mass is 16.2. The molecule has 0 spiro atoms. The number of amides is 1. The highest BCUT2D eigenvalue weighted by molar-refractivity contribution is 5.93. The fourth-order valence-electron chi connectivity index (χ4n) is 3.23. The Morgan fingerprint density at radius 3 is 2.36 bits per heavy atom. The van der Waals surface area contributed by atoms with Crippen molar-refractivity contribution in [2.75, 3.05) is 27.2 Å². The fourth-order valence-corrected chi connectivity index (χ4v) is 3.23. The van der Waals surface area contributed by atoms with Gasteiger partial charge in [0, 0.05) is 32.7 Å². The van der Waals surface area contributed by atoms with Gasteiger partial charge in [-0.25, -0.2) is 4.99 Å². The van der Waals surface area contributed by atoms with E-state index in [0.717, 1.165) is 24.6 Å². The first kappa shape index (κ1) is 19.3. The SMILES string of the molecule is CCNC(=NCc1ccc(C(=O)N(C)C)cc1)NCC1(C)CCCC1. The molecule has 0 heterocycles. The Bertz CT molecular complexity index is 586. The van der Waals surface area contributed by atoms with E-state index in [4.69, 9.17) is 0 Å². The van der Waals surface area contributed by atoms with E-state index in [1.807, 2.05) is 24.3 Å². The Kier molecular flexibility index (Phi) is 6.85. The van der Waals surface area contributed by atoms with E-state index in [-0.39, 0.29) is 5.91 Å². The number of guanidine groups is 1. The molecule has 0 saturated heterocycles. The smallest absolute Gasteiger partial charge is 0.253 e. The van der Waals surface area contributed by atoms with Crippen LogP contribution in [-0.2, 0) is 6.54 Å². The Hall–Kier alpha value is -2.04. The second-order valence-electron chi connectivity index (χ2n) is 7.46. The zero-order chi connectivity index (χ0) is 18.3. The number of nitrogens with one attached hydrogen (secondary N) is 2. The number of carbonyl (C=O) groups excluding carboxylic acids is 1. The molecule has 0 atom stereocenters. The van der Waals surface area contributed by atoms with Crippen LogP contribution in [0.4, 0.5) is 0 Å². The van der Waals surface area contributed by atoms with Crippen molar-refractivity contribution in [3.8, 4) is 0 Å². The number of rotatable bonds is 6. The number of aliphatic imine (C=N–C) groups is 1. The van der Waals surface area contributed by atoms with Gasteiger partial charge in [-0.15, -0.1) is 0 Å². The summed E-state index contributed by atoms with van der Waals surface area (Å²) in [6, 6.07) is 7.68. The number of nitrogens with zero attached hydrogens (tertiary/aromatic N) is 2. The quantitative estimate of drug-likeness (QED) is 0.616. The first-order valence-electron chi connectivity index (χ1n) is 9.26. The third kappa shape index (κ3) is 5.76. The molecule has 1 saturated carbocycles.